The normalized spacial score (nSPS) is 42.1. The van der Waals surface area contributed by atoms with Gasteiger partial charge in [-0.25, -0.2) is 0 Å². The quantitative estimate of drug-likeness (QED) is 0.157. The molecule has 0 radical (unpaired) electrons. The molecule has 0 spiro atoms. The zero-order valence-corrected chi connectivity index (χ0v) is 29.7. The van der Waals surface area contributed by atoms with Gasteiger partial charge in [-0.1, -0.05) is 64.8 Å². The van der Waals surface area contributed by atoms with E-state index in [9.17, 15) is 10.2 Å². The maximum atomic E-state index is 12.3. The Morgan fingerprint density at radius 1 is 0.565 bits per heavy atom. The molecular weight excluding hydrogens is 570 g/mol. The topological polar surface area (TPSA) is 83.0 Å². The lowest BCUT2D eigenvalue weighted by atomic mass is 9.68. The van der Waals surface area contributed by atoms with Crippen molar-refractivity contribution < 1.29 is 10.2 Å². The van der Waals surface area contributed by atoms with Crippen LogP contribution in [-0.2, 0) is 0 Å². The number of aliphatic hydroxyl groups is 2. The summed E-state index contributed by atoms with van der Waals surface area (Å²) in [5, 5.41) is 36.5. The van der Waals surface area contributed by atoms with Crippen LogP contribution in [0.1, 0.15) is 72.6 Å². The van der Waals surface area contributed by atoms with E-state index in [1.54, 1.807) is 0 Å². The van der Waals surface area contributed by atoms with Gasteiger partial charge < -0.3 is 10.2 Å². The molecule has 4 rings (SSSR count). The standard InChI is InChI=1S/C39H69N5O2/c1-9-17-43(18-10-2)24-30-23-33(36(46)34(35(30)45)25-44(19-11-3)20-12-4)39-41-37(31-15-13-26(5)21-28(31)7)40-38(42-39)32-16-14-27(6)22-29(32)8/h9-12,26-42,45-46H,1-4,13-25H2,5-8H3. The van der Waals surface area contributed by atoms with Crippen LogP contribution >= 0.6 is 0 Å². The van der Waals surface area contributed by atoms with Gasteiger partial charge in [0.05, 0.1) is 30.7 Å². The van der Waals surface area contributed by atoms with Gasteiger partial charge in [0.15, 0.2) is 0 Å². The molecular formula is C39H69N5O2. The Labute approximate surface area is 282 Å². The molecule has 1 heterocycles. The average molecular weight is 640 g/mol. The van der Waals surface area contributed by atoms with Crippen LogP contribution in [-0.4, -0.2) is 90.0 Å². The van der Waals surface area contributed by atoms with Gasteiger partial charge in [-0.2, -0.15) is 0 Å². The number of aliphatic hydroxyl groups excluding tert-OH is 2. The van der Waals surface area contributed by atoms with E-state index in [2.05, 4.69) is 79.8 Å². The highest BCUT2D eigenvalue weighted by Crippen LogP contribution is 2.41. The Hall–Kier alpha value is -1.32. The summed E-state index contributed by atoms with van der Waals surface area (Å²) in [5.74, 6) is 3.68. The lowest BCUT2D eigenvalue weighted by Gasteiger charge is -2.54. The van der Waals surface area contributed by atoms with E-state index in [0.29, 0.717) is 43.3 Å². The lowest BCUT2D eigenvalue weighted by Crippen LogP contribution is -2.75. The first-order valence-corrected chi connectivity index (χ1v) is 18.6. The number of rotatable bonds is 15. The molecule has 7 nitrogen and oxygen atoms in total. The van der Waals surface area contributed by atoms with E-state index in [4.69, 9.17) is 0 Å². The second-order valence-electron chi connectivity index (χ2n) is 15.9. The predicted molar refractivity (Wildman–Crippen MR) is 193 cm³/mol. The molecule has 13 unspecified atom stereocenters. The van der Waals surface area contributed by atoms with Crippen LogP contribution in [0.25, 0.3) is 0 Å². The summed E-state index contributed by atoms with van der Waals surface area (Å²) >= 11 is 0. The average Bonchev–Trinajstić information content (AvgIpc) is 3.00. The third kappa shape index (κ3) is 9.43. The van der Waals surface area contributed by atoms with Crippen LogP contribution in [0.2, 0.25) is 0 Å². The van der Waals surface area contributed by atoms with Crippen molar-refractivity contribution in [2.24, 2.45) is 53.3 Å². The molecule has 4 fully saturated rings. The van der Waals surface area contributed by atoms with Gasteiger partial charge in [-0.3, -0.25) is 25.8 Å². The molecule has 0 amide bonds. The SMILES string of the molecule is C=CCN(CC=C)CC1CC(C2NC(C3CCC(C)CC3C)NC(C3CCC(C)CC3C)N2)C(O)C(CN(CC=C)CC=C)C1O. The molecule has 3 saturated carbocycles. The zero-order valence-electron chi connectivity index (χ0n) is 29.7. The van der Waals surface area contributed by atoms with Crippen molar-refractivity contribution in [1.82, 2.24) is 25.8 Å². The molecule has 262 valence electrons. The van der Waals surface area contributed by atoms with Gasteiger partial charge in [-0.15, -0.1) is 26.3 Å². The summed E-state index contributed by atoms with van der Waals surface area (Å²) in [5.41, 5.74) is 0. The fraction of sp³-hybridized carbons (Fsp3) is 0.795. The summed E-state index contributed by atoms with van der Waals surface area (Å²) < 4.78 is 0. The number of nitrogens with one attached hydrogen (secondary N) is 3. The van der Waals surface area contributed by atoms with Crippen molar-refractivity contribution in [3.05, 3.63) is 50.6 Å². The van der Waals surface area contributed by atoms with Crippen molar-refractivity contribution in [2.45, 2.75) is 103 Å². The molecule has 0 bridgehead atoms. The first kappa shape index (κ1) is 37.5. The van der Waals surface area contributed by atoms with Crippen LogP contribution < -0.4 is 16.0 Å². The smallest absolute Gasteiger partial charge is 0.0661 e. The summed E-state index contributed by atoms with van der Waals surface area (Å²) in [4.78, 5) is 4.56. The molecule has 0 aromatic rings. The van der Waals surface area contributed by atoms with E-state index in [1.807, 2.05) is 24.3 Å². The Morgan fingerprint density at radius 2 is 0.978 bits per heavy atom. The fourth-order valence-corrected chi connectivity index (χ4v) is 9.87. The number of hydrogen-bond donors (Lipinski definition) is 5. The minimum Gasteiger partial charge on any atom is -0.392 e. The van der Waals surface area contributed by atoms with Crippen molar-refractivity contribution in [1.29, 1.82) is 0 Å². The summed E-state index contributed by atoms with van der Waals surface area (Å²) in [6.45, 7) is 29.8. The van der Waals surface area contributed by atoms with E-state index in [-0.39, 0.29) is 36.3 Å². The maximum Gasteiger partial charge on any atom is 0.0661 e. The van der Waals surface area contributed by atoms with Gasteiger partial charge in [-0.05, 0) is 73.5 Å². The first-order valence-electron chi connectivity index (χ1n) is 18.6. The Kier molecular flexibility index (Phi) is 14.6. The fourth-order valence-electron chi connectivity index (χ4n) is 9.87. The largest absolute Gasteiger partial charge is 0.392 e. The minimum absolute atomic E-state index is 0.0203. The second kappa shape index (κ2) is 17.9. The maximum absolute atomic E-state index is 12.3. The molecule has 7 heteroatoms. The molecule has 0 aromatic heterocycles. The van der Waals surface area contributed by atoms with Gasteiger partial charge >= 0.3 is 0 Å². The molecule has 13 atom stereocenters. The van der Waals surface area contributed by atoms with E-state index < -0.39 is 12.2 Å². The van der Waals surface area contributed by atoms with Crippen molar-refractivity contribution >= 4 is 0 Å². The summed E-state index contributed by atoms with van der Waals surface area (Å²) in [6, 6.07) is 0. The van der Waals surface area contributed by atoms with Crippen LogP contribution in [0.5, 0.6) is 0 Å². The van der Waals surface area contributed by atoms with Crippen molar-refractivity contribution in [3.63, 3.8) is 0 Å². The number of nitrogens with zero attached hydrogens (tertiary/aromatic N) is 2. The monoisotopic (exact) mass is 640 g/mol. The first-order chi connectivity index (χ1) is 22.1. The predicted octanol–water partition coefficient (Wildman–Crippen LogP) is 5.21. The summed E-state index contributed by atoms with van der Waals surface area (Å²) in [6.07, 6.45) is 15.1. The van der Waals surface area contributed by atoms with Crippen LogP contribution in [0.4, 0.5) is 0 Å². The third-order valence-corrected chi connectivity index (χ3v) is 12.2. The molecule has 5 N–H and O–H groups in total. The van der Waals surface area contributed by atoms with Gasteiger partial charge in [0.25, 0.3) is 0 Å². The van der Waals surface area contributed by atoms with E-state index in [0.717, 1.165) is 37.9 Å². The summed E-state index contributed by atoms with van der Waals surface area (Å²) in [7, 11) is 0. The van der Waals surface area contributed by atoms with Gasteiger partial charge in [0, 0.05) is 51.1 Å². The van der Waals surface area contributed by atoms with E-state index >= 15 is 0 Å². The lowest BCUT2D eigenvalue weighted by molar-refractivity contribution is -0.119. The van der Waals surface area contributed by atoms with Crippen LogP contribution in [0.3, 0.4) is 0 Å². The molecule has 3 aliphatic carbocycles. The Morgan fingerprint density at radius 3 is 1.39 bits per heavy atom. The molecule has 4 aliphatic rings. The Bertz CT molecular complexity index is 922. The van der Waals surface area contributed by atoms with E-state index in [1.165, 1.54) is 38.5 Å². The van der Waals surface area contributed by atoms with Gasteiger partial charge in [0.1, 0.15) is 0 Å². The van der Waals surface area contributed by atoms with Gasteiger partial charge in [0.2, 0.25) is 0 Å². The minimum atomic E-state index is -0.646. The van der Waals surface area contributed by atoms with Crippen LogP contribution in [0.15, 0.2) is 50.6 Å². The highest BCUT2D eigenvalue weighted by Gasteiger charge is 2.50. The molecule has 1 saturated heterocycles. The zero-order chi connectivity index (χ0) is 33.4. The highest BCUT2D eigenvalue weighted by molar-refractivity contribution is 5.03. The third-order valence-electron chi connectivity index (χ3n) is 12.2. The molecule has 0 aromatic carbocycles. The van der Waals surface area contributed by atoms with Crippen LogP contribution in [0, 0.1) is 53.3 Å². The highest BCUT2D eigenvalue weighted by atomic mass is 16.3. The van der Waals surface area contributed by atoms with Crippen molar-refractivity contribution in [3.8, 4) is 0 Å². The molecule has 1 aliphatic heterocycles. The number of hydrogen-bond acceptors (Lipinski definition) is 7. The van der Waals surface area contributed by atoms with Crippen molar-refractivity contribution in [2.75, 3.05) is 39.3 Å². The Balaban J connectivity index is 1.65. The second-order valence-corrected chi connectivity index (χ2v) is 15.9. The molecule has 46 heavy (non-hydrogen) atoms.